The van der Waals surface area contributed by atoms with Gasteiger partial charge in [0.25, 0.3) is 0 Å². The monoisotopic (exact) mass is 276 g/mol. The third kappa shape index (κ3) is 3.09. The summed E-state index contributed by atoms with van der Waals surface area (Å²) in [5.41, 5.74) is 0.832. The van der Waals surface area contributed by atoms with Crippen LogP contribution in [0, 0.1) is 28.8 Å². The Morgan fingerprint density at radius 1 is 1.05 bits per heavy atom. The van der Waals surface area contributed by atoms with E-state index in [1.54, 1.807) is 13.0 Å². The van der Waals surface area contributed by atoms with Crippen LogP contribution in [0.3, 0.4) is 0 Å². The second-order valence-corrected chi connectivity index (χ2v) is 4.38. The van der Waals surface area contributed by atoms with Gasteiger partial charge < -0.3 is 5.32 Å². The van der Waals surface area contributed by atoms with Crippen molar-refractivity contribution < 1.29 is 13.2 Å². The first-order valence-electron chi connectivity index (χ1n) is 5.92. The van der Waals surface area contributed by atoms with Crippen molar-refractivity contribution in [2.75, 3.05) is 5.32 Å². The summed E-state index contributed by atoms with van der Waals surface area (Å²) in [6, 6.07) is 8.55. The van der Waals surface area contributed by atoms with Gasteiger partial charge in [0.05, 0.1) is 5.56 Å². The minimum Gasteiger partial charge on any atom is -0.378 e. The molecule has 0 bridgehead atoms. The van der Waals surface area contributed by atoms with E-state index in [4.69, 9.17) is 5.26 Å². The molecule has 0 spiro atoms. The third-order valence-electron chi connectivity index (χ3n) is 2.85. The summed E-state index contributed by atoms with van der Waals surface area (Å²) in [7, 11) is 0. The van der Waals surface area contributed by atoms with Gasteiger partial charge in [-0.1, -0.05) is 0 Å². The van der Waals surface area contributed by atoms with Crippen LogP contribution in [0.15, 0.2) is 36.4 Å². The van der Waals surface area contributed by atoms with Crippen molar-refractivity contribution in [3.05, 3.63) is 65.0 Å². The third-order valence-corrected chi connectivity index (χ3v) is 2.85. The van der Waals surface area contributed by atoms with E-state index in [0.29, 0.717) is 11.3 Å². The molecule has 0 saturated heterocycles. The lowest BCUT2D eigenvalue weighted by Crippen LogP contribution is -2.07. The van der Waals surface area contributed by atoms with Crippen LogP contribution >= 0.6 is 0 Å². The molecule has 0 aromatic heterocycles. The highest BCUT2D eigenvalue weighted by Crippen LogP contribution is 2.22. The van der Waals surface area contributed by atoms with Crippen LogP contribution in [-0.4, -0.2) is 0 Å². The molecule has 0 heterocycles. The molecule has 0 saturated carbocycles. The predicted octanol–water partition coefficient (Wildman–Crippen LogP) is 4.15. The first-order chi connectivity index (χ1) is 9.49. The lowest BCUT2D eigenvalue weighted by molar-refractivity contribution is 0.577. The van der Waals surface area contributed by atoms with E-state index in [1.165, 1.54) is 30.3 Å². The Morgan fingerprint density at radius 2 is 1.70 bits per heavy atom. The minimum atomic E-state index is -0.662. The lowest BCUT2D eigenvalue weighted by atomic mass is 10.1. The van der Waals surface area contributed by atoms with Crippen molar-refractivity contribution >= 4 is 5.69 Å². The molecule has 2 aromatic carbocycles. The Labute approximate surface area is 114 Å². The van der Waals surface area contributed by atoms with Gasteiger partial charge in [-0.15, -0.1) is 0 Å². The molecular weight excluding hydrogens is 265 g/mol. The van der Waals surface area contributed by atoms with Crippen LogP contribution in [0.1, 0.15) is 24.1 Å². The molecular formula is C15H11F3N2. The van der Waals surface area contributed by atoms with Crippen molar-refractivity contribution in [1.29, 1.82) is 5.26 Å². The quantitative estimate of drug-likeness (QED) is 0.914. The number of hydrogen-bond acceptors (Lipinski definition) is 2. The van der Waals surface area contributed by atoms with Crippen molar-refractivity contribution in [3.63, 3.8) is 0 Å². The summed E-state index contributed by atoms with van der Waals surface area (Å²) in [4.78, 5) is 0. The zero-order valence-electron chi connectivity index (χ0n) is 10.6. The molecule has 2 nitrogen and oxygen atoms in total. The van der Waals surface area contributed by atoms with Crippen LogP contribution in [0.5, 0.6) is 0 Å². The molecule has 1 atom stereocenters. The van der Waals surface area contributed by atoms with Crippen LogP contribution in [0.4, 0.5) is 18.9 Å². The summed E-state index contributed by atoms with van der Waals surface area (Å²) in [6.07, 6.45) is 0. The second-order valence-electron chi connectivity index (χ2n) is 4.38. The van der Waals surface area contributed by atoms with Gasteiger partial charge in [-0.2, -0.15) is 5.26 Å². The molecule has 0 amide bonds. The molecule has 2 rings (SSSR count). The van der Waals surface area contributed by atoms with Gasteiger partial charge in [-0.25, -0.2) is 13.2 Å². The number of anilines is 1. The van der Waals surface area contributed by atoms with Gasteiger partial charge in [0.2, 0.25) is 0 Å². The number of rotatable bonds is 3. The van der Waals surface area contributed by atoms with Crippen molar-refractivity contribution in [2.45, 2.75) is 13.0 Å². The molecule has 102 valence electrons. The Balaban J connectivity index is 2.23. The highest BCUT2D eigenvalue weighted by molar-refractivity contribution is 5.51. The molecule has 20 heavy (non-hydrogen) atoms. The number of benzene rings is 2. The van der Waals surface area contributed by atoms with Gasteiger partial charge >= 0.3 is 0 Å². The summed E-state index contributed by atoms with van der Waals surface area (Å²) in [5, 5.41) is 11.7. The standard InChI is InChI=1S/C15H11F3N2/c1-9(10-4-12(16)7-13(17)5-10)20-14-2-3-15(18)11(6-14)8-19/h2-7,9,20H,1H3. The fraction of sp³-hybridized carbons (Fsp3) is 0.133. The number of nitriles is 1. The average molecular weight is 276 g/mol. The van der Waals surface area contributed by atoms with E-state index < -0.39 is 23.5 Å². The van der Waals surface area contributed by atoms with Crippen LogP contribution < -0.4 is 5.32 Å². The van der Waals surface area contributed by atoms with Gasteiger partial charge in [0.15, 0.2) is 0 Å². The smallest absolute Gasteiger partial charge is 0.141 e. The maximum atomic E-state index is 13.2. The first kappa shape index (κ1) is 13.9. The summed E-state index contributed by atoms with van der Waals surface area (Å²) < 4.78 is 39.5. The van der Waals surface area contributed by atoms with Crippen LogP contribution in [-0.2, 0) is 0 Å². The van der Waals surface area contributed by atoms with E-state index in [9.17, 15) is 13.2 Å². The highest BCUT2D eigenvalue weighted by atomic mass is 19.1. The molecule has 0 aliphatic heterocycles. The Hall–Kier alpha value is -2.48. The largest absolute Gasteiger partial charge is 0.378 e. The van der Waals surface area contributed by atoms with Gasteiger partial charge in [-0.05, 0) is 42.8 Å². The van der Waals surface area contributed by atoms with E-state index in [-0.39, 0.29) is 5.56 Å². The van der Waals surface area contributed by atoms with Crippen LogP contribution in [0.2, 0.25) is 0 Å². The van der Waals surface area contributed by atoms with Crippen molar-refractivity contribution in [2.24, 2.45) is 0 Å². The zero-order valence-corrected chi connectivity index (χ0v) is 10.6. The molecule has 2 aromatic rings. The van der Waals surface area contributed by atoms with Gasteiger partial charge in [0, 0.05) is 17.8 Å². The lowest BCUT2D eigenvalue weighted by Gasteiger charge is -2.16. The van der Waals surface area contributed by atoms with E-state index in [0.717, 1.165) is 6.07 Å². The first-order valence-corrected chi connectivity index (χ1v) is 5.92. The molecule has 0 aliphatic rings. The van der Waals surface area contributed by atoms with E-state index >= 15 is 0 Å². The number of halogens is 3. The number of nitrogens with zero attached hydrogens (tertiary/aromatic N) is 1. The fourth-order valence-electron chi connectivity index (χ4n) is 1.86. The van der Waals surface area contributed by atoms with Gasteiger partial charge in [0.1, 0.15) is 23.5 Å². The maximum Gasteiger partial charge on any atom is 0.141 e. The van der Waals surface area contributed by atoms with Crippen LogP contribution in [0.25, 0.3) is 0 Å². The highest BCUT2D eigenvalue weighted by Gasteiger charge is 2.10. The van der Waals surface area contributed by atoms with Gasteiger partial charge in [-0.3, -0.25) is 0 Å². The molecule has 0 fully saturated rings. The maximum absolute atomic E-state index is 13.2. The SMILES string of the molecule is CC(Nc1ccc(F)c(C#N)c1)c1cc(F)cc(F)c1. The average Bonchev–Trinajstić information content (AvgIpc) is 2.39. The van der Waals surface area contributed by atoms with E-state index in [1.807, 2.05) is 0 Å². The summed E-state index contributed by atoms with van der Waals surface area (Å²) in [5.74, 6) is -1.93. The van der Waals surface area contributed by atoms with Crippen molar-refractivity contribution in [1.82, 2.24) is 0 Å². The minimum absolute atomic E-state index is 0.0902. The van der Waals surface area contributed by atoms with Crippen molar-refractivity contribution in [3.8, 4) is 6.07 Å². The number of hydrogen-bond donors (Lipinski definition) is 1. The Morgan fingerprint density at radius 3 is 2.30 bits per heavy atom. The Bertz CT molecular complexity index is 657. The second kappa shape index (κ2) is 5.66. The molecule has 1 N–H and O–H groups in total. The molecule has 0 aliphatic carbocycles. The molecule has 1 unspecified atom stereocenters. The summed E-state index contributed by atoms with van der Waals surface area (Å²) in [6.45, 7) is 1.71. The van der Waals surface area contributed by atoms with E-state index in [2.05, 4.69) is 5.32 Å². The fourth-order valence-corrected chi connectivity index (χ4v) is 1.86. The normalized spacial score (nSPS) is 11.8. The molecule has 5 heteroatoms. The summed E-state index contributed by atoms with van der Waals surface area (Å²) >= 11 is 0. The zero-order chi connectivity index (χ0) is 14.7. The predicted molar refractivity (Wildman–Crippen MR) is 69.5 cm³/mol. The Kier molecular flexibility index (Phi) is 3.94. The topological polar surface area (TPSA) is 35.8 Å². The molecule has 0 radical (unpaired) electrons. The number of nitrogens with one attached hydrogen (secondary N) is 1.